The Hall–Kier alpha value is -1.30. The zero-order valence-corrected chi connectivity index (χ0v) is 10.7. The largest absolute Gasteiger partial charge is 0.464 e. The van der Waals surface area contributed by atoms with Crippen LogP contribution in [-0.2, 0) is 28.6 Å². The van der Waals surface area contributed by atoms with E-state index in [1.54, 1.807) is 0 Å². The van der Waals surface area contributed by atoms with Crippen molar-refractivity contribution in [3.63, 3.8) is 0 Å². The maximum Gasteiger partial charge on any atom is 0.350 e. The van der Waals surface area contributed by atoms with Gasteiger partial charge in [-0.25, -0.2) is 14.4 Å². The Balaban J connectivity index is 5.12. The molecule has 0 atom stereocenters. The van der Waals surface area contributed by atoms with Crippen molar-refractivity contribution in [2.75, 3.05) is 19.8 Å². The predicted molar refractivity (Wildman–Crippen MR) is 58.5 cm³/mol. The quantitative estimate of drug-likeness (QED) is 0.304. The molecule has 7 heteroatoms. The van der Waals surface area contributed by atoms with Crippen LogP contribution >= 0.6 is 11.6 Å². The van der Waals surface area contributed by atoms with Crippen LogP contribution in [0, 0.1) is 0 Å². The summed E-state index contributed by atoms with van der Waals surface area (Å²) in [5.41, 5.74) is 0. The molecule has 0 radical (unpaired) electrons. The fraction of sp³-hybridized carbons (Fsp3) is 0.700. The minimum atomic E-state index is -2.58. The molecule has 0 rings (SSSR count). The molecular formula is C10H15ClO6. The van der Waals surface area contributed by atoms with E-state index < -0.39 is 22.8 Å². The van der Waals surface area contributed by atoms with E-state index in [9.17, 15) is 14.4 Å². The van der Waals surface area contributed by atoms with Crippen molar-refractivity contribution >= 4 is 29.5 Å². The van der Waals surface area contributed by atoms with E-state index in [0.29, 0.717) is 0 Å². The van der Waals surface area contributed by atoms with Gasteiger partial charge in [0.1, 0.15) is 0 Å². The summed E-state index contributed by atoms with van der Waals surface area (Å²) in [4.78, 5) is 32.0. The van der Waals surface area contributed by atoms with Crippen LogP contribution in [-0.4, -0.2) is 42.6 Å². The van der Waals surface area contributed by atoms with E-state index in [1.807, 2.05) is 0 Å². The molecule has 0 aliphatic carbocycles. The summed E-state index contributed by atoms with van der Waals surface area (Å²) in [6.07, 6.45) is 0. The smallest absolute Gasteiger partial charge is 0.350 e. The Morgan fingerprint density at radius 2 is 1.06 bits per heavy atom. The molecule has 0 fully saturated rings. The van der Waals surface area contributed by atoms with Crippen LogP contribution in [0.25, 0.3) is 0 Å². The van der Waals surface area contributed by atoms with Crippen molar-refractivity contribution in [1.82, 2.24) is 0 Å². The summed E-state index contributed by atoms with van der Waals surface area (Å²) in [5, 5.41) is 0. The Labute approximate surface area is 104 Å². The van der Waals surface area contributed by atoms with Gasteiger partial charge in [0.15, 0.2) is 0 Å². The van der Waals surface area contributed by atoms with Gasteiger partial charge >= 0.3 is 22.8 Å². The van der Waals surface area contributed by atoms with Crippen molar-refractivity contribution in [2.45, 2.75) is 25.6 Å². The van der Waals surface area contributed by atoms with Gasteiger partial charge in [-0.1, -0.05) is 11.6 Å². The van der Waals surface area contributed by atoms with E-state index >= 15 is 0 Å². The molecule has 0 saturated carbocycles. The topological polar surface area (TPSA) is 78.9 Å². The van der Waals surface area contributed by atoms with Crippen LogP contribution in [0.15, 0.2) is 0 Å². The molecule has 0 aromatic heterocycles. The Morgan fingerprint density at radius 1 is 0.824 bits per heavy atom. The summed E-state index contributed by atoms with van der Waals surface area (Å²) in [6.45, 7) is 4.49. The van der Waals surface area contributed by atoms with E-state index in [0.717, 1.165) is 0 Å². The molecule has 0 aromatic carbocycles. The second-order valence-electron chi connectivity index (χ2n) is 2.82. The van der Waals surface area contributed by atoms with Gasteiger partial charge in [-0.05, 0) is 20.8 Å². The fourth-order valence-electron chi connectivity index (χ4n) is 0.942. The number of esters is 3. The molecular weight excluding hydrogens is 252 g/mol. The molecule has 0 saturated heterocycles. The Bertz CT molecular complexity index is 256. The van der Waals surface area contributed by atoms with Gasteiger partial charge in [-0.15, -0.1) is 0 Å². The highest BCUT2D eigenvalue weighted by Gasteiger charge is 2.56. The van der Waals surface area contributed by atoms with E-state index in [1.165, 1.54) is 20.8 Å². The number of ether oxygens (including phenoxy) is 3. The fourth-order valence-corrected chi connectivity index (χ4v) is 1.11. The monoisotopic (exact) mass is 266 g/mol. The van der Waals surface area contributed by atoms with Crippen molar-refractivity contribution in [3.8, 4) is 0 Å². The highest BCUT2D eigenvalue weighted by molar-refractivity contribution is 6.55. The molecule has 0 amide bonds. The highest BCUT2D eigenvalue weighted by Crippen LogP contribution is 2.22. The third-order valence-electron chi connectivity index (χ3n) is 1.67. The summed E-state index contributed by atoms with van der Waals surface area (Å²) >= 11 is 5.70. The minimum absolute atomic E-state index is 0.0217. The second-order valence-corrected chi connectivity index (χ2v) is 3.39. The van der Waals surface area contributed by atoms with Gasteiger partial charge in [-0.3, -0.25) is 0 Å². The summed E-state index contributed by atoms with van der Waals surface area (Å²) < 4.78 is 13.7. The number of carbonyl (C=O) groups is 3. The van der Waals surface area contributed by atoms with Crippen molar-refractivity contribution < 1.29 is 28.6 Å². The standard InChI is InChI=1S/C10H15ClO6/c1-4-15-7(12)10(11,8(13)16-5-2)9(14)17-6-3/h4-6H2,1-3H3. The van der Waals surface area contributed by atoms with Gasteiger partial charge in [0.2, 0.25) is 0 Å². The molecule has 0 bridgehead atoms. The van der Waals surface area contributed by atoms with E-state index in [4.69, 9.17) is 11.6 Å². The van der Waals surface area contributed by atoms with Gasteiger partial charge in [-0.2, -0.15) is 0 Å². The first-order valence-electron chi connectivity index (χ1n) is 5.15. The van der Waals surface area contributed by atoms with Crippen LogP contribution in [0.1, 0.15) is 20.8 Å². The maximum atomic E-state index is 11.5. The summed E-state index contributed by atoms with van der Waals surface area (Å²) in [6, 6.07) is 0. The van der Waals surface area contributed by atoms with Crippen LogP contribution in [0.3, 0.4) is 0 Å². The second kappa shape index (κ2) is 7.11. The first-order valence-corrected chi connectivity index (χ1v) is 5.53. The maximum absolute atomic E-state index is 11.5. The number of alkyl halides is 1. The Morgan fingerprint density at radius 3 is 1.24 bits per heavy atom. The molecule has 0 aliphatic rings. The number of rotatable bonds is 6. The molecule has 0 N–H and O–H groups in total. The number of carbonyl (C=O) groups excluding carboxylic acids is 3. The summed E-state index contributed by atoms with van der Waals surface area (Å²) in [7, 11) is 0. The SMILES string of the molecule is CCOC(=O)C(Cl)(C(=O)OCC)C(=O)OCC. The lowest BCUT2D eigenvalue weighted by molar-refractivity contribution is -0.169. The third kappa shape index (κ3) is 3.59. The van der Waals surface area contributed by atoms with Gasteiger partial charge in [0, 0.05) is 0 Å². The average molecular weight is 267 g/mol. The lowest BCUT2D eigenvalue weighted by Gasteiger charge is -2.20. The zero-order chi connectivity index (χ0) is 13.5. The normalized spacial score (nSPS) is 10.6. The van der Waals surface area contributed by atoms with Crippen molar-refractivity contribution in [2.24, 2.45) is 0 Å². The molecule has 0 unspecified atom stereocenters. The molecule has 0 heterocycles. The van der Waals surface area contributed by atoms with E-state index in [-0.39, 0.29) is 19.8 Å². The van der Waals surface area contributed by atoms with Crippen LogP contribution in [0.4, 0.5) is 0 Å². The number of hydrogen-bond donors (Lipinski definition) is 0. The zero-order valence-electron chi connectivity index (χ0n) is 9.95. The molecule has 17 heavy (non-hydrogen) atoms. The van der Waals surface area contributed by atoms with Crippen LogP contribution in [0.5, 0.6) is 0 Å². The van der Waals surface area contributed by atoms with Crippen molar-refractivity contribution in [3.05, 3.63) is 0 Å². The molecule has 0 aliphatic heterocycles. The highest BCUT2D eigenvalue weighted by atomic mass is 35.5. The molecule has 0 aromatic rings. The lowest BCUT2D eigenvalue weighted by atomic mass is 10.1. The molecule has 6 nitrogen and oxygen atoms in total. The number of halogens is 1. The van der Waals surface area contributed by atoms with E-state index in [2.05, 4.69) is 14.2 Å². The van der Waals surface area contributed by atoms with Crippen LogP contribution < -0.4 is 0 Å². The van der Waals surface area contributed by atoms with Gasteiger partial charge in [0.05, 0.1) is 19.8 Å². The lowest BCUT2D eigenvalue weighted by Crippen LogP contribution is -2.51. The first-order chi connectivity index (χ1) is 7.94. The predicted octanol–water partition coefficient (Wildman–Crippen LogP) is 0.653. The molecule has 98 valence electrons. The molecule has 0 spiro atoms. The van der Waals surface area contributed by atoms with Crippen molar-refractivity contribution in [1.29, 1.82) is 0 Å². The third-order valence-corrected chi connectivity index (χ3v) is 2.13. The number of hydrogen-bond acceptors (Lipinski definition) is 6. The first kappa shape index (κ1) is 15.7. The summed E-state index contributed by atoms with van der Waals surface area (Å²) in [5.74, 6) is -3.59. The average Bonchev–Trinajstić information content (AvgIpc) is 2.28. The van der Waals surface area contributed by atoms with Gasteiger partial charge < -0.3 is 14.2 Å². The minimum Gasteiger partial charge on any atom is -0.464 e. The Kier molecular flexibility index (Phi) is 6.57. The van der Waals surface area contributed by atoms with Crippen LogP contribution in [0.2, 0.25) is 0 Å². The van der Waals surface area contributed by atoms with Gasteiger partial charge in [0.25, 0.3) is 0 Å².